The molecule has 0 unspecified atom stereocenters. The molecule has 0 aliphatic carbocycles. The van der Waals surface area contributed by atoms with Crippen LogP contribution in [0.5, 0.6) is 5.75 Å². The van der Waals surface area contributed by atoms with Crippen molar-refractivity contribution >= 4 is 5.91 Å². The Morgan fingerprint density at radius 3 is 2.48 bits per heavy atom. The summed E-state index contributed by atoms with van der Waals surface area (Å²) in [6, 6.07) is 5.82. The first kappa shape index (κ1) is 21.2. The fourth-order valence-corrected chi connectivity index (χ4v) is 3.17. The van der Waals surface area contributed by atoms with Crippen LogP contribution in [0.2, 0.25) is 0 Å². The highest BCUT2D eigenvalue weighted by Gasteiger charge is 2.29. The molecule has 3 rings (SSSR count). The molecule has 158 valence electrons. The maximum absolute atomic E-state index is 12.7. The molecule has 1 aromatic carbocycles. The Hall–Kier alpha value is -2.55. The van der Waals surface area contributed by atoms with Gasteiger partial charge in [-0.2, -0.15) is 13.8 Å². The van der Waals surface area contributed by atoms with Gasteiger partial charge in [-0.25, -0.2) is 0 Å². The van der Waals surface area contributed by atoms with Crippen molar-refractivity contribution in [1.29, 1.82) is 0 Å². The summed E-state index contributed by atoms with van der Waals surface area (Å²) >= 11 is 0. The summed E-state index contributed by atoms with van der Waals surface area (Å²) in [5.41, 5.74) is 0.145. The Morgan fingerprint density at radius 2 is 1.90 bits per heavy atom. The first-order valence-corrected chi connectivity index (χ1v) is 9.57. The van der Waals surface area contributed by atoms with Gasteiger partial charge in [0.2, 0.25) is 5.89 Å². The molecule has 0 bridgehead atoms. The smallest absolute Gasteiger partial charge is 0.387 e. The van der Waals surface area contributed by atoms with Crippen molar-refractivity contribution in [3.8, 4) is 5.75 Å². The highest BCUT2D eigenvalue weighted by Crippen LogP contribution is 2.25. The van der Waals surface area contributed by atoms with E-state index < -0.39 is 6.61 Å². The van der Waals surface area contributed by atoms with E-state index in [4.69, 9.17) is 4.52 Å². The van der Waals surface area contributed by atoms with Crippen molar-refractivity contribution in [2.75, 3.05) is 26.2 Å². The molecule has 1 aliphatic rings. The molecule has 1 aliphatic heterocycles. The number of nitrogens with zero attached hydrogens (tertiary/aromatic N) is 4. The third-order valence-electron chi connectivity index (χ3n) is 4.93. The lowest BCUT2D eigenvalue weighted by molar-refractivity contribution is -0.0499. The number of aromatic nitrogens is 2. The lowest BCUT2D eigenvalue weighted by Gasteiger charge is -2.36. The lowest BCUT2D eigenvalue weighted by atomic mass is 9.96. The van der Waals surface area contributed by atoms with Crippen LogP contribution in [0, 0.1) is 0 Å². The van der Waals surface area contributed by atoms with Crippen LogP contribution in [0.1, 0.15) is 55.8 Å². The zero-order valence-corrected chi connectivity index (χ0v) is 17.1. The van der Waals surface area contributed by atoms with Gasteiger partial charge in [-0.15, -0.1) is 0 Å². The summed E-state index contributed by atoms with van der Waals surface area (Å²) in [5.74, 6) is 1.000. The number of benzene rings is 1. The van der Waals surface area contributed by atoms with E-state index in [1.165, 1.54) is 18.2 Å². The molecule has 2 aromatic rings. The summed E-state index contributed by atoms with van der Waals surface area (Å²) in [7, 11) is 0. The van der Waals surface area contributed by atoms with Crippen molar-refractivity contribution < 1.29 is 22.8 Å². The molecule has 9 heteroatoms. The maximum atomic E-state index is 12.7. The fraction of sp³-hybridized carbons (Fsp3) is 0.550. The van der Waals surface area contributed by atoms with E-state index in [0.29, 0.717) is 43.5 Å². The Labute approximate surface area is 168 Å². The number of piperazine rings is 1. The van der Waals surface area contributed by atoms with Crippen LogP contribution in [-0.2, 0) is 5.41 Å². The van der Waals surface area contributed by atoms with E-state index in [1.807, 2.05) is 27.7 Å². The highest BCUT2D eigenvalue weighted by atomic mass is 19.3. The first-order valence-electron chi connectivity index (χ1n) is 9.57. The second kappa shape index (κ2) is 8.44. The minimum absolute atomic E-state index is 0.0239. The number of amides is 1. The van der Waals surface area contributed by atoms with Gasteiger partial charge >= 0.3 is 6.61 Å². The molecule has 0 radical (unpaired) electrons. The molecular weight excluding hydrogens is 382 g/mol. The second-order valence-electron chi connectivity index (χ2n) is 8.12. The van der Waals surface area contributed by atoms with Gasteiger partial charge in [-0.1, -0.05) is 32.0 Å². The van der Waals surface area contributed by atoms with E-state index in [0.717, 1.165) is 0 Å². The predicted octanol–water partition coefficient (Wildman–Crippen LogP) is 3.49. The Morgan fingerprint density at radius 1 is 1.21 bits per heavy atom. The van der Waals surface area contributed by atoms with Crippen molar-refractivity contribution in [2.45, 2.75) is 45.8 Å². The molecule has 1 saturated heterocycles. The Balaban J connectivity index is 1.60. The van der Waals surface area contributed by atoms with E-state index >= 15 is 0 Å². The molecule has 7 nitrogen and oxygen atoms in total. The number of halogens is 2. The molecule has 1 fully saturated rings. The van der Waals surface area contributed by atoms with Gasteiger partial charge in [0.15, 0.2) is 5.82 Å². The second-order valence-corrected chi connectivity index (χ2v) is 8.12. The number of carbonyl (C=O) groups excluding carboxylic acids is 1. The van der Waals surface area contributed by atoms with Crippen molar-refractivity contribution in [3.63, 3.8) is 0 Å². The minimum Gasteiger partial charge on any atom is -0.435 e. The zero-order chi connectivity index (χ0) is 21.2. The number of ether oxygens (including phenoxy) is 1. The van der Waals surface area contributed by atoms with Gasteiger partial charge in [0.25, 0.3) is 5.91 Å². The fourth-order valence-electron chi connectivity index (χ4n) is 3.17. The zero-order valence-electron chi connectivity index (χ0n) is 17.1. The van der Waals surface area contributed by atoms with Crippen LogP contribution in [0.15, 0.2) is 28.8 Å². The van der Waals surface area contributed by atoms with Gasteiger partial charge in [0.05, 0.1) is 6.04 Å². The van der Waals surface area contributed by atoms with Crippen LogP contribution in [-0.4, -0.2) is 58.6 Å². The number of alkyl halides is 2. The summed E-state index contributed by atoms with van der Waals surface area (Å²) in [6.07, 6.45) is 0. The topological polar surface area (TPSA) is 71.7 Å². The van der Waals surface area contributed by atoms with Crippen molar-refractivity contribution in [3.05, 3.63) is 41.5 Å². The average Bonchev–Trinajstić information content (AvgIpc) is 3.17. The van der Waals surface area contributed by atoms with Crippen LogP contribution in [0.3, 0.4) is 0 Å². The molecule has 0 spiro atoms. The van der Waals surface area contributed by atoms with Crippen LogP contribution >= 0.6 is 0 Å². The first-order chi connectivity index (χ1) is 13.6. The van der Waals surface area contributed by atoms with Gasteiger partial charge in [-0.3, -0.25) is 9.69 Å². The Bertz CT molecular complexity index is 842. The van der Waals surface area contributed by atoms with Gasteiger partial charge in [0, 0.05) is 37.2 Å². The van der Waals surface area contributed by atoms with Crippen molar-refractivity contribution in [2.24, 2.45) is 0 Å². The summed E-state index contributed by atoms with van der Waals surface area (Å²) in [5, 5.41) is 4.07. The molecule has 1 atom stereocenters. The van der Waals surface area contributed by atoms with Gasteiger partial charge in [0.1, 0.15) is 5.75 Å². The average molecular weight is 408 g/mol. The van der Waals surface area contributed by atoms with Crippen molar-refractivity contribution in [1.82, 2.24) is 19.9 Å². The molecule has 29 heavy (non-hydrogen) atoms. The minimum atomic E-state index is -2.92. The highest BCUT2D eigenvalue weighted by molar-refractivity contribution is 5.94. The number of hydrogen-bond donors (Lipinski definition) is 0. The molecular formula is C20H26F2N4O3. The molecule has 1 amide bonds. The predicted molar refractivity (Wildman–Crippen MR) is 102 cm³/mol. The SMILES string of the molecule is C[C@H](c1nc(C(C)(C)C)no1)N1CCN(C(=O)c2cccc(OC(F)F)c2)CC1. The largest absolute Gasteiger partial charge is 0.435 e. The summed E-state index contributed by atoms with van der Waals surface area (Å²) in [6.45, 7) is 7.48. The van der Waals surface area contributed by atoms with Gasteiger partial charge in [-0.05, 0) is 25.1 Å². The molecule has 2 heterocycles. The monoisotopic (exact) mass is 408 g/mol. The van der Waals surface area contributed by atoms with Crippen LogP contribution in [0.4, 0.5) is 8.78 Å². The van der Waals surface area contributed by atoms with Crippen LogP contribution in [0.25, 0.3) is 0 Å². The molecule has 0 N–H and O–H groups in total. The molecule has 0 saturated carbocycles. The third kappa shape index (κ3) is 5.09. The number of hydrogen-bond acceptors (Lipinski definition) is 6. The van der Waals surface area contributed by atoms with E-state index in [9.17, 15) is 13.6 Å². The van der Waals surface area contributed by atoms with Crippen LogP contribution < -0.4 is 4.74 Å². The van der Waals surface area contributed by atoms with E-state index in [1.54, 1.807) is 11.0 Å². The number of rotatable bonds is 5. The van der Waals surface area contributed by atoms with E-state index in [-0.39, 0.29) is 23.1 Å². The number of carbonyl (C=O) groups is 1. The third-order valence-corrected chi connectivity index (χ3v) is 4.93. The summed E-state index contributed by atoms with van der Waals surface area (Å²) < 4.78 is 34.6. The summed E-state index contributed by atoms with van der Waals surface area (Å²) in [4.78, 5) is 21.1. The lowest BCUT2D eigenvalue weighted by Crippen LogP contribution is -2.49. The Kier molecular flexibility index (Phi) is 6.16. The maximum Gasteiger partial charge on any atom is 0.387 e. The van der Waals surface area contributed by atoms with E-state index in [2.05, 4.69) is 19.8 Å². The quantitative estimate of drug-likeness (QED) is 0.754. The standard InChI is InChI=1S/C20H26F2N4O3/c1-13(16-23-18(24-29-16)20(2,3)4)25-8-10-26(11-9-25)17(27)14-6-5-7-15(12-14)28-19(21)22/h5-7,12-13,19H,8-11H2,1-4H3/t13-/m1/s1. The van der Waals surface area contributed by atoms with Gasteiger partial charge < -0.3 is 14.2 Å². The molecule has 1 aromatic heterocycles. The normalized spacial score (nSPS) is 16.9.